The van der Waals surface area contributed by atoms with Crippen molar-refractivity contribution in [1.82, 2.24) is 9.88 Å². The van der Waals surface area contributed by atoms with Crippen molar-refractivity contribution in [3.63, 3.8) is 0 Å². The average Bonchev–Trinajstić information content (AvgIpc) is 3.00. The summed E-state index contributed by atoms with van der Waals surface area (Å²) in [6.07, 6.45) is 2.82. The number of carboxylic acids is 1. The molecular formula is C19H21FN2O2. The van der Waals surface area contributed by atoms with Gasteiger partial charge in [0.05, 0.1) is 11.6 Å². The van der Waals surface area contributed by atoms with E-state index in [2.05, 4.69) is 22.9 Å². The molecule has 2 heterocycles. The van der Waals surface area contributed by atoms with Crippen molar-refractivity contribution in [1.29, 1.82) is 0 Å². The molecule has 1 fully saturated rings. The number of aliphatic carboxylic acids is 1. The van der Waals surface area contributed by atoms with Crippen LogP contribution in [0, 0.1) is 11.7 Å². The van der Waals surface area contributed by atoms with E-state index in [1.165, 1.54) is 17.7 Å². The summed E-state index contributed by atoms with van der Waals surface area (Å²) in [5, 5.41) is 9.54. The number of benzene rings is 1. The third-order valence-corrected chi connectivity index (χ3v) is 4.69. The largest absolute Gasteiger partial charge is 0.481 e. The molecule has 3 rings (SSSR count). The zero-order valence-corrected chi connectivity index (χ0v) is 13.7. The van der Waals surface area contributed by atoms with E-state index in [9.17, 15) is 14.3 Å². The van der Waals surface area contributed by atoms with Gasteiger partial charge in [0.25, 0.3) is 0 Å². The van der Waals surface area contributed by atoms with E-state index in [1.807, 2.05) is 12.3 Å². The van der Waals surface area contributed by atoms with E-state index >= 15 is 0 Å². The first-order valence-corrected chi connectivity index (χ1v) is 8.21. The maximum Gasteiger partial charge on any atom is 0.308 e. The van der Waals surface area contributed by atoms with Gasteiger partial charge in [-0.3, -0.25) is 14.7 Å². The summed E-state index contributed by atoms with van der Waals surface area (Å²) in [6, 6.07) is 10.2. The molecule has 126 valence electrons. The normalized spacial score (nSPS) is 21.1. The van der Waals surface area contributed by atoms with Gasteiger partial charge in [0.15, 0.2) is 0 Å². The molecule has 2 atom stereocenters. The fourth-order valence-corrected chi connectivity index (χ4v) is 3.30. The molecule has 4 nitrogen and oxygen atoms in total. The van der Waals surface area contributed by atoms with Crippen LogP contribution in [-0.2, 0) is 17.8 Å². The smallest absolute Gasteiger partial charge is 0.308 e. The summed E-state index contributed by atoms with van der Waals surface area (Å²) in [5.41, 5.74) is 3.00. The highest BCUT2D eigenvalue weighted by molar-refractivity contribution is 5.72. The second-order valence-corrected chi connectivity index (χ2v) is 6.31. The van der Waals surface area contributed by atoms with Crippen molar-refractivity contribution in [3.8, 4) is 0 Å². The van der Waals surface area contributed by atoms with E-state index in [1.54, 1.807) is 12.1 Å². The number of rotatable bonds is 5. The Morgan fingerprint density at radius 3 is 2.58 bits per heavy atom. The molecule has 0 aliphatic carbocycles. The van der Waals surface area contributed by atoms with E-state index in [4.69, 9.17) is 0 Å². The SMILES string of the molecule is CCc1ccc(CN2CC(C(=O)O)C(c3ccc(F)cc3)C2)nc1. The van der Waals surface area contributed by atoms with Crippen LogP contribution in [0.1, 0.15) is 29.7 Å². The summed E-state index contributed by atoms with van der Waals surface area (Å²) >= 11 is 0. The second-order valence-electron chi connectivity index (χ2n) is 6.31. The highest BCUT2D eigenvalue weighted by atomic mass is 19.1. The summed E-state index contributed by atoms with van der Waals surface area (Å²) in [6.45, 7) is 3.84. The molecule has 0 bridgehead atoms. The predicted molar refractivity (Wildman–Crippen MR) is 89.2 cm³/mol. The quantitative estimate of drug-likeness (QED) is 0.916. The fraction of sp³-hybridized carbons (Fsp3) is 0.368. The van der Waals surface area contributed by atoms with Crippen molar-refractivity contribution in [3.05, 3.63) is 65.2 Å². The molecule has 1 aliphatic rings. The Balaban J connectivity index is 1.74. The van der Waals surface area contributed by atoms with Gasteiger partial charge in [0.2, 0.25) is 0 Å². The molecule has 2 unspecified atom stereocenters. The predicted octanol–water partition coefficient (Wildman–Crippen LogP) is 3.08. The number of nitrogens with zero attached hydrogens (tertiary/aromatic N) is 2. The Labute approximate surface area is 141 Å². The number of hydrogen-bond donors (Lipinski definition) is 1. The summed E-state index contributed by atoms with van der Waals surface area (Å²) < 4.78 is 13.1. The van der Waals surface area contributed by atoms with Gasteiger partial charge in [0, 0.05) is 31.7 Å². The highest BCUT2D eigenvalue weighted by Crippen LogP contribution is 2.33. The number of carboxylic acid groups (broad SMARTS) is 1. The third-order valence-electron chi connectivity index (χ3n) is 4.69. The van der Waals surface area contributed by atoms with Crippen LogP contribution < -0.4 is 0 Å². The van der Waals surface area contributed by atoms with Crippen LogP contribution in [0.2, 0.25) is 0 Å². The van der Waals surface area contributed by atoms with Crippen LogP contribution in [0.3, 0.4) is 0 Å². The Hall–Kier alpha value is -2.27. The molecule has 0 amide bonds. The van der Waals surface area contributed by atoms with Crippen LogP contribution >= 0.6 is 0 Å². The van der Waals surface area contributed by atoms with Gasteiger partial charge in [-0.2, -0.15) is 0 Å². The van der Waals surface area contributed by atoms with Gasteiger partial charge in [-0.15, -0.1) is 0 Å². The Morgan fingerprint density at radius 2 is 2.00 bits per heavy atom. The number of likely N-dealkylation sites (tertiary alicyclic amines) is 1. The maximum absolute atomic E-state index is 13.1. The van der Waals surface area contributed by atoms with Gasteiger partial charge in [-0.05, 0) is 35.7 Å². The lowest BCUT2D eigenvalue weighted by atomic mass is 9.89. The van der Waals surface area contributed by atoms with Crippen molar-refractivity contribution in [2.75, 3.05) is 13.1 Å². The van der Waals surface area contributed by atoms with Crippen molar-refractivity contribution < 1.29 is 14.3 Å². The molecule has 0 spiro atoms. The first-order valence-electron chi connectivity index (χ1n) is 8.21. The van der Waals surface area contributed by atoms with Gasteiger partial charge in [0.1, 0.15) is 5.82 Å². The molecule has 1 aromatic carbocycles. The summed E-state index contributed by atoms with van der Waals surface area (Å²) in [5.74, 6) is -1.72. The number of hydrogen-bond acceptors (Lipinski definition) is 3. The van der Waals surface area contributed by atoms with Crippen LogP contribution in [0.15, 0.2) is 42.6 Å². The molecule has 1 N–H and O–H groups in total. The molecule has 24 heavy (non-hydrogen) atoms. The number of carbonyl (C=O) groups is 1. The Morgan fingerprint density at radius 1 is 1.25 bits per heavy atom. The van der Waals surface area contributed by atoms with E-state index in [-0.39, 0.29) is 11.7 Å². The van der Waals surface area contributed by atoms with E-state index in [0.717, 1.165) is 17.7 Å². The van der Waals surface area contributed by atoms with Gasteiger partial charge in [-0.1, -0.05) is 25.1 Å². The van der Waals surface area contributed by atoms with Crippen LogP contribution in [0.4, 0.5) is 4.39 Å². The first-order chi connectivity index (χ1) is 11.6. The summed E-state index contributed by atoms with van der Waals surface area (Å²) in [4.78, 5) is 18.2. The van der Waals surface area contributed by atoms with Crippen LogP contribution in [0.5, 0.6) is 0 Å². The molecule has 1 aliphatic heterocycles. The van der Waals surface area contributed by atoms with Gasteiger partial charge >= 0.3 is 5.97 Å². The Kier molecular flexibility index (Phi) is 4.90. The van der Waals surface area contributed by atoms with Gasteiger partial charge in [-0.25, -0.2) is 4.39 Å². The number of aryl methyl sites for hydroxylation is 1. The first kappa shape index (κ1) is 16.6. The van der Waals surface area contributed by atoms with Crippen LogP contribution in [-0.4, -0.2) is 34.0 Å². The Bertz CT molecular complexity index is 700. The lowest BCUT2D eigenvalue weighted by molar-refractivity contribution is -0.141. The number of pyridine rings is 1. The molecule has 0 saturated carbocycles. The average molecular weight is 328 g/mol. The number of halogens is 1. The van der Waals surface area contributed by atoms with Crippen molar-refractivity contribution in [2.24, 2.45) is 5.92 Å². The molecule has 5 heteroatoms. The van der Waals surface area contributed by atoms with Gasteiger partial charge < -0.3 is 5.11 Å². The zero-order valence-electron chi connectivity index (χ0n) is 13.7. The minimum atomic E-state index is -0.805. The van der Waals surface area contributed by atoms with Crippen molar-refractivity contribution in [2.45, 2.75) is 25.8 Å². The molecule has 1 aromatic heterocycles. The van der Waals surface area contributed by atoms with Crippen LogP contribution in [0.25, 0.3) is 0 Å². The monoisotopic (exact) mass is 328 g/mol. The molecule has 0 radical (unpaired) electrons. The van der Waals surface area contributed by atoms with E-state index < -0.39 is 11.9 Å². The summed E-state index contributed by atoms with van der Waals surface area (Å²) in [7, 11) is 0. The van der Waals surface area contributed by atoms with E-state index in [0.29, 0.717) is 19.6 Å². The standard InChI is InChI=1S/C19H21FN2O2/c1-2-13-3-8-16(21-9-13)10-22-11-17(18(12-22)19(23)24)14-4-6-15(20)7-5-14/h3-9,17-18H,2,10-12H2,1H3,(H,23,24). The maximum atomic E-state index is 13.1. The lowest BCUT2D eigenvalue weighted by Crippen LogP contribution is -2.23. The molecular weight excluding hydrogens is 307 g/mol. The fourth-order valence-electron chi connectivity index (χ4n) is 3.30. The zero-order chi connectivity index (χ0) is 17.1. The molecule has 2 aromatic rings. The minimum absolute atomic E-state index is 0.127. The van der Waals surface area contributed by atoms with Crippen molar-refractivity contribution >= 4 is 5.97 Å². The minimum Gasteiger partial charge on any atom is -0.481 e. The highest BCUT2D eigenvalue weighted by Gasteiger charge is 2.38. The molecule has 1 saturated heterocycles. The second kappa shape index (κ2) is 7.09. The third kappa shape index (κ3) is 3.62. The topological polar surface area (TPSA) is 53.4 Å². The number of aromatic nitrogens is 1. The lowest BCUT2D eigenvalue weighted by Gasteiger charge is -2.16.